The zero-order valence-electron chi connectivity index (χ0n) is 15.8. The maximum Gasteiger partial charge on any atom is 0.242 e. The van der Waals surface area contributed by atoms with Crippen molar-refractivity contribution in [1.82, 2.24) is 15.5 Å². The average molecular weight is 345 g/mol. The van der Waals surface area contributed by atoms with Crippen LogP contribution in [0.2, 0.25) is 0 Å². The van der Waals surface area contributed by atoms with Crippen molar-refractivity contribution in [2.75, 3.05) is 40.5 Å². The third kappa shape index (κ3) is 9.85. The summed E-state index contributed by atoms with van der Waals surface area (Å²) in [5.74, 6) is -0.122. The predicted octanol–water partition coefficient (Wildman–Crippen LogP) is 0.373. The Hall–Kier alpha value is -1.18. The first-order chi connectivity index (χ1) is 11.3. The molecule has 0 bridgehead atoms. The molecule has 0 aromatic rings. The molecular weight excluding hydrogens is 310 g/mol. The number of nitrogens with zero attached hydrogens (tertiary/aromatic N) is 1. The molecule has 0 unspecified atom stereocenters. The number of aliphatic hydroxyl groups is 1. The molecule has 3 N–H and O–H groups in total. The van der Waals surface area contributed by atoms with Crippen LogP contribution in [0.4, 0.5) is 0 Å². The smallest absolute Gasteiger partial charge is 0.242 e. The summed E-state index contributed by atoms with van der Waals surface area (Å²) in [6.45, 7) is 7.30. The third-order valence-corrected chi connectivity index (χ3v) is 3.71. The summed E-state index contributed by atoms with van der Waals surface area (Å²) >= 11 is 0. The van der Waals surface area contributed by atoms with E-state index in [4.69, 9.17) is 9.84 Å². The van der Waals surface area contributed by atoms with Crippen LogP contribution in [0.25, 0.3) is 0 Å². The van der Waals surface area contributed by atoms with Crippen LogP contribution in [-0.4, -0.2) is 74.4 Å². The summed E-state index contributed by atoms with van der Waals surface area (Å²) in [7, 11) is 3.72. The van der Waals surface area contributed by atoms with E-state index < -0.39 is 6.04 Å². The van der Waals surface area contributed by atoms with Crippen LogP contribution in [0.1, 0.15) is 40.0 Å². The van der Waals surface area contributed by atoms with E-state index in [9.17, 15) is 9.59 Å². The molecule has 0 aliphatic heterocycles. The first-order valence-electron chi connectivity index (χ1n) is 8.74. The van der Waals surface area contributed by atoms with E-state index in [0.717, 1.165) is 19.3 Å². The summed E-state index contributed by atoms with van der Waals surface area (Å²) < 4.78 is 5.16. The van der Waals surface area contributed by atoms with Gasteiger partial charge in [-0.2, -0.15) is 0 Å². The number of aliphatic hydroxyl groups excluding tert-OH is 1. The number of hydrogen-bond acceptors (Lipinski definition) is 5. The molecule has 0 aromatic heterocycles. The molecule has 0 rings (SSSR count). The monoisotopic (exact) mass is 345 g/mol. The van der Waals surface area contributed by atoms with E-state index in [1.54, 1.807) is 6.92 Å². The minimum atomic E-state index is -0.549. The van der Waals surface area contributed by atoms with Crippen molar-refractivity contribution in [3.8, 4) is 0 Å². The zero-order valence-corrected chi connectivity index (χ0v) is 15.8. The van der Waals surface area contributed by atoms with Crippen LogP contribution in [-0.2, 0) is 14.3 Å². The van der Waals surface area contributed by atoms with Gasteiger partial charge >= 0.3 is 0 Å². The Balaban J connectivity index is 3.96. The van der Waals surface area contributed by atoms with Gasteiger partial charge in [0.25, 0.3) is 0 Å². The molecule has 0 aliphatic rings. The van der Waals surface area contributed by atoms with Crippen molar-refractivity contribution in [1.29, 1.82) is 0 Å². The Morgan fingerprint density at radius 3 is 2.25 bits per heavy atom. The lowest BCUT2D eigenvalue weighted by Crippen LogP contribution is -2.53. The Kier molecular flexibility index (Phi) is 12.5. The maximum absolute atomic E-state index is 12.3. The molecule has 0 spiro atoms. The van der Waals surface area contributed by atoms with Gasteiger partial charge in [-0.3, -0.25) is 14.5 Å². The molecule has 2 atom stereocenters. The van der Waals surface area contributed by atoms with E-state index in [-0.39, 0.29) is 30.4 Å². The second kappa shape index (κ2) is 13.1. The highest BCUT2D eigenvalue weighted by molar-refractivity contribution is 5.89. The Morgan fingerprint density at radius 2 is 1.71 bits per heavy atom. The van der Waals surface area contributed by atoms with Crippen molar-refractivity contribution in [2.24, 2.45) is 5.92 Å². The summed E-state index contributed by atoms with van der Waals surface area (Å²) in [5, 5.41) is 14.2. The first-order valence-corrected chi connectivity index (χ1v) is 8.74. The second-order valence-corrected chi connectivity index (χ2v) is 6.57. The van der Waals surface area contributed by atoms with Crippen molar-refractivity contribution in [2.45, 2.75) is 52.1 Å². The molecule has 7 nitrogen and oxygen atoms in total. The highest BCUT2D eigenvalue weighted by Gasteiger charge is 2.26. The molecule has 0 heterocycles. The lowest BCUT2D eigenvalue weighted by atomic mass is 10.0. The van der Waals surface area contributed by atoms with Crippen LogP contribution in [0.15, 0.2) is 0 Å². The summed E-state index contributed by atoms with van der Waals surface area (Å²) in [5.41, 5.74) is 0. The molecule has 24 heavy (non-hydrogen) atoms. The molecule has 0 fully saturated rings. The highest BCUT2D eigenvalue weighted by atomic mass is 16.5. The lowest BCUT2D eigenvalue weighted by Gasteiger charge is -2.28. The van der Waals surface area contributed by atoms with Gasteiger partial charge in [-0.05, 0) is 46.2 Å². The van der Waals surface area contributed by atoms with E-state index >= 15 is 0 Å². The van der Waals surface area contributed by atoms with Gasteiger partial charge in [0.15, 0.2) is 0 Å². The standard InChI is InChI=1S/C17H35N3O4/c1-13(2)15(20(4)5)17(23)19-14(3)16(22)18-9-7-6-8-11-24-12-10-21/h13-15,21H,6-12H2,1-5H3,(H,18,22)(H,19,23)/t14-,15-/m0/s1. The SMILES string of the molecule is CC(C)[C@@H](C(=O)N[C@@H](C)C(=O)NCCCCCOCCO)N(C)C. The van der Waals surface area contributed by atoms with Crippen molar-refractivity contribution in [3.63, 3.8) is 0 Å². The number of likely N-dealkylation sites (N-methyl/N-ethyl adjacent to an activating group) is 1. The van der Waals surface area contributed by atoms with Crippen molar-refractivity contribution >= 4 is 11.8 Å². The third-order valence-electron chi connectivity index (χ3n) is 3.71. The normalized spacial score (nSPS) is 13.8. The van der Waals surface area contributed by atoms with Gasteiger partial charge in [-0.1, -0.05) is 13.8 Å². The number of amides is 2. The number of carbonyl (C=O) groups excluding carboxylic acids is 2. The van der Waals surface area contributed by atoms with Gasteiger partial charge < -0.3 is 20.5 Å². The molecule has 7 heteroatoms. The molecule has 0 aliphatic carbocycles. The number of unbranched alkanes of at least 4 members (excludes halogenated alkanes) is 2. The van der Waals surface area contributed by atoms with Gasteiger partial charge in [-0.15, -0.1) is 0 Å². The van der Waals surface area contributed by atoms with E-state index in [1.165, 1.54) is 0 Å². The fraction of sp³-hybridized carbons (Fsp3) is 0.882. The van der Waals surface area contributed by atoms with Gasteiger partial charge in [0.2, 0.25) is 11.8 Å². The highest BCUT2D eigenvalue weighted by Crippen LogP contribution is 2.07. The van der Waals surface area contributed by atoms with Crippen LogP contribution < -0.4 is 10.6 Å². The summed E-state index contributed by atoms with van der Waals surface area (Å²) in [6.07, 6.45) is 2.71. The minimum Gasteiger partial charge on any atom is -0.394 e. The molecule has 0 radical (unpaired) electrons. The molecule has 0 aromatic carbocycles. The zero-order chi connectivity index (χ0) is 18.5. The first kappa shape index (κ1) is 22.8. The van der Waals surface area contributed by atoms with Gasteiger partial charge in [0, 0.05) is 13.2 Å². The fourth-order valence-electron chi connectivity index (χ4n) is 2.54. The number of rotatable bonds is 13. The number of ether oxygens (including phenoxy) is 1. The van der Waals surface area contributed by atoms with E-state index in [2.05, 4.69) is 10.6 Å². The molecule has 0 saturated heterocycles. The number of carbonyl (C=O) groups is 2. The summed E-state index contributed by atoms with van der Waals surface area (Å²) in [6, 6.07) is -0.800. The minimum absolute atomic E-state index is 0.0468. The van der Waals surface area contributed by atoms with Gasteiger partial charge in [0.05, 0.1) is 19.3 Å². The molecule has 0 saturated carbocycles. The van der Waals surface area contributed by atoms with Crippen LogP contribution in [0.5, 0.6) is 0 Å². The maximum atomic E-state index is 12.3. The quantitative estimate of drug-likeness (QED) is 0.420. The van der Waals surface area contributed by atoms with Gasteiger partial charge in [0.1, 0.15) is 6.04 Å². The fourth-order valence-corrected chi connectivity index (χ4v) is 2.54. The largest absolute Gasteiger partial charge is 0.394 e. The van der Waals surface area contributed by atoms with E-state index in [0.29, 0.717) is 19.8 Å². The second-order valence-electron chi connectivity index (χ2n) is 6.57. The van der Waals surface area contributed by atoms with Gasteiger partial charge in [-0.25, -0.2) is 0 Å². The topological polar surface area (TPSA) is 90.9 Å². The van der Waals surface area contributed by atoms with E-state index in [1.807, 2.05) is 32.8 Å². The summed E-state index contributed by atoms with van der Waals surface area (Å²) in [4.78, 5) is 26.2. The molecule has 142 valence electrons. The number of nitrogens with one attached hydrogen (secondary N) is 2. The number of hydrogen-bond donors (Lipinski definition) is 3. The van der Waals surface area contributed by atoms with Crippen molar-refractivity contribution in [3.05, 3.63) is 0 Å². The molecule has 2 amide bonds. The Labute approximate surface area is 146 Å². The lowest BCUT2D eigenvalue weighted by molar-refractivity contribution is -0.132. The predicted molar refractivity (Wildman–Crippen MR) is 94.7 cm³/mol. The van der Waals surface area contributed by atoms with Crippen LogP contribution in [0, 0.1) is 5.92 Å². The van der Waals surface area contributed by atoms with Crippen LogP contribution >= 0.6 is 0 Å². The average Bonchev–Trinajstić information content (AvgIpc) is 2.48. The molecular formula is C17H35N3O4. The Morgan fingerprint density at radius 1 is 1.04 bits per heavy atom. The Bertz CT molecular complexity index is 354. The van der Waals surface area contributed by atoms with Crippen LogP contribution in [0.3, 0.4) is 0 Å². The van der Waals surface area contributed by atoms with Crippen molar-refractivity contribution < 1.29 is 19.4 Å².